The first-order valence-corrected chi connectivity index (χ1v) is 13.4. The van der Waals surface area contributed by atoms with E-state index in [4.69, 9.17) is 0 Å². The lowest BCUT2D eigenvalue weighted by molar-refractivity contribution is 0.923. The minimum atomic E-state index is 0.463. The summed E-state index contributed by atoms with van der Waals surface area (Å²) in [7, 11) is 8.14. The van der Waals surface area contributed by atoms with E-state index in [0.29, 0.717) is 17.1 Å². The number of nitrogens with one attached hydrogen (secondary N) is 2. The van der Waals surface area contributed by atoms with E-state index < -0.39 is 0 Å². The van der Waals surface area contributed by atoms with Crippen LogP contribution in [0.5, 0.6) is 0 Å². The minimum Gasteiger partial charge on any atom is -0.377 e. The Labute approximate surface area is 226 Å². The summed E-state index contributed by atoms with van der Waals surface area (Å²) < 4.78 is 0. The summed E-state index contributed by atoms with van der Waals surface area (Å²) in [5, 5.41) is 9.44. The summed E-state index contributed by atoms with van der Waals surface area (Å²) >= 11 is 1.46. The first-order chi connectivity index (χ1) is 18.2. The van der Waals surface area contributed by atoms with Crippen LogP contribution in [0, 0.1) is 13.8 Å². The molecular formula is C28H31N9S. The van der Waals surface area contributed by atoms with Crippen LogP contribution in [0.15, 0.2) is 53.7 Å². The van der Waals surface area contributed by atoms with E-state index in [0.717, 1.165) is 55.9 Å². The maximum absolute atomic E-state index is 4.68. The Bertz CT molecular complexity index is 1530. The molecule has 0 spiro atoms. The highest BCUT2D eigenvalue weighted by molar-refractivity contribution is 7.98. The van der Waals surface area contributed by atoms with Gasteiger partial charge in [-0.05, 0) is 68.6 Å². The summed E-state index contributed by atoms with van der Waals surface area (Å²) in [5.41, 5.74) is 7.82. The summed E-state index contributed by atoms with van der Waals surface area (Å²) in [6, 6.07) is 16.3. The molecule has 3 aromatic heterocycles. The maximum atomic E-state index is 4.68. The molecule has 0 saturated heterocycles. The molecule has 0 unspecified atom stereocenters. The average molecular weight is 526 g/mol. The van der Waals surface area contributed by atoms with Gasteiger partial charge in [0.05, 0.1) is 11.0 Å². The molecule has 2 N–H and O–H groups in total. The van der Waals surface area contributed by atoms with Crippen LogP contribution in [0.2, 0.25) is 0 Å². The van der Waals surface area contributed by atoms with Crippen molar-refractivity contribution in [3.8, 4) is 0 Å². The zero-order chi connectivity index (χ0) is 27.0. The summed E-state index contributed by atoms with van der Waals surface area (Å²) in [4.78, 5) is 27.4. The molecule has 38 heavy (non-hydrogen) atoms. The molecule has 5 rings (SSSR count). The van der Waals surface area contributed by atoms with Crippen LogP contribution in [0.1, 0.15) is 11.4 Å². The van der Waals surface area contributed by atoms with Gasteiger partial charge >= 0.3 is 0 Å². The lowest BCUT2D eigenvalue weighted by atomic mass is 10.1. The molecule has 0 aliphatic carbocycles. The number of aromatic nitrogens is 5. The van der Waals surface area contributed by atoms with Crippen LogP contribution in [0.3, 0.4) is 0 Å². The van der Waals surface area contributed by atoms with Crippen molar-refractivity contribution in [1.82, 2.24) is 24.9 Å². The van der Waals surface area contributed by atoms with Crippen LogP contribution in [-0.2, 0) is 0 Å². The van der Waals surface area contributed by atoms with Gasteiger partial charge < -0.3 is 20.4 Å². The predicted molar refractivity (Wildman–Crippen MR) is 160 cm³/mol. The largest absolute Gasteiger partial charge is 0.377 e. The van der Waals surface area contributed by atoms with Crippen molar-refractivity contribution in [1.29, 1.82) is 0 Å². The quantitative estimate of drug-likeness (QED) is 0.249. The molecule has 0 aliphatic heterocycles. The van der Waals surface area contributed by atoms with Crippen molar-refractivity contribution in [2.45, 2.75) is 19.0 Å². The second-order valence-corrected chi connectivity index (χ2v) is 10.3. The van der Waals surface area contributed by atoms with Gasteiger partial charge in [0.2, 0.25) is 11.9 Å². The molecule has 0 atom stereocenters. The molecule has 0 radical (unpaired) electrons. The Morgan fingerprint density at radius 1 is 0.605 bits per heavy atom. The molecule has 0 aliphatic rings. The van der Waals surface area contributed by atoms with Gasteiger partial charge in [0, 0.05) is 73.1 Å². The predicted octanol–water partition coefficient (Wildman–Crippen LogP) is 5.93. The molecule has 0 bridgehead atoms. The van der Waals surface area contributed by atoms with Crippen LogP contribution in [-0.4, -0.2) is 59.4 Å². The lowest BCUT2D eigenvalue weighted by Gasteiger charge is -2.17. The number of hydrogen-bond donors (Lipinski definition) is 2. The number of hydrogen-bond acceptors (Lipinski definition) is 10. The highest BCUT2D eigenvalue weighted by atomic mass is 32.2. The van der Waals surface area contributed by atoms with E-state index in [2.05, 4.69) is 69.6 Å². The van der Waals surface area contributed by atoms with E-state index in [1.54, 1.807) is 0 Å². The number of nitrogens with zero attached hydrogens (tertiary/aromatic N) is 7. The third-order valence-corrected chi connectivity index (χ3v) is 6.65. The van der Waals surface area contributed by atoms with Gasteiger partial charge in [-0.25, -0.2) is 0 Å². The second-order valence-electron chi connectivity index (χ2n) is 9.54. The highest BCUT2D eigenvalue weighted by Gasteiger charge is 2.12. The zero-order valence-corrected chi connectivity index (χ0v) is 23.5. The number of aryl methyl sites for hydroxylation is 2. The Hall–Kier alpha value is -4.18. The molecule has 194 valence electrons. The monoisotopic (exact) mass is 525 g/mol. The van der Waals surface area contributed by atoms with Crippen molar-refractivity contribution < 1.29 is 0 Å². The lowest BCUT2D eigenvalue weighted by Crippen LogP contribution is -2.10. The van der Waals surface area contributed by atoms with Crippen molar-refractivity contribution in [2.75, 3.05) is 54.9 Å². The van der Waals surface area contributed by atoms with E-state index in [1.165, 1.54) is 11.8 Å². The van der Waals surface area contributed by atoms with E-state index >= 15 is 0 Å². The van der Waals surface area contributed by atoms with Gasteiger partial charge in [-0.15, -0.1) is 0 Å². The first-order valence-electron chi connectivity index (χ1n) is 12.2. The van der Waals surface area contributed by atoms with E-state index in [-0.39, 0.29) is 0 Å². The van der Waals surface area contributed by atoms with Crippen molar-refractivity contribution in [3.05, 3.63) is 59.9 Å². The number of rotatable bonds is 7. The first kappa shape index (κ1) is 25.5. The molecule has 9 nitrogen and oxygen atoms in total. The normalized spacial score (nSPS) is 11.1. The third kappa shape index (κ3) is 5.26. The number of benzene rings is 2. The van der Waals surface area contributed by atoms with Crippen LogP contribution < -0.4 is 20.4 Å². The third-order valence-electron chi connectivity index (χ3n) is 6.10. The minimum absolute atomic E-state index is 0.463. The topological polar surface area (TPSA) is 95.0 Å². The average Bonchev–Trinajstić information content (AvgIpc) is 2.87. The van der Waals surface area contributed by atoms with Gasteiger partial charge in [-0.1, -0.05) is 11.8 Å². The maximum Gasteiger partial charge on any atom is 0.233 e. The number of anilines is 6. The zero-order valence-electron chi connectivity index (χ0n) is 22.7. The second kappa shape index (κ2) is 10.3. The van der Waals surface area contributed by atoms with Gasteiger partial charge in [0.15, 0.2) is 5.16 Å². The SMILES string of the molecule is CSc1nc(Nc2ccc3nc(C)cc(N(C)C)c3c2)nc(Nc2ccc3nc(C)cc(N(C)C)c3c2)n1. The van der Waals surface area contributed by atoms with E-state index in [1.807, 2.05) is 72.6 Å². The van der Waals surface area contributed by atoms with Gasteiger partial charge in [0.1, 0.15) is 0 Å². The van der Waals surface area contributed by atoms with Crippen molar-refractivity contribution in [3.63, 3.8) is 0 Å². The highest BCUT2D eigenvalue weighted by Crippen LogP contribution is 2.31. The fraction of sp³-hybridized carbons (Fsp3) is 0.250. The van der Waals surface area contributed by atoms with Gasteiger partial charge in [-0.3, -0.25) is 9.97 Å². The Morgan fingerprint density at radius 3 is 1.45 bits per heavy atom. The smallest absolute Gasteiger partial charge is 0.233 e. The Morgan fingerprint density at radius 2 is 1.05 bits per heavy atom. The van der Waals surface area contributed by atoms with Crippen LogP contribution in [0.25, 0.3) is 21.8 Å². The molecular weight excluding hydrogens is 494 g/mol. The Balaban J connectivity index is 1.48. The number of pyridine rings is 2. The summed E-state index contributed by atoms with van der Waals surface area (Å²) in [5.74, 6) is 0.925. The molecule has 0 saturated carbocycles. The molecule has 5 aromatic rings. The molecule has 3 heterocycles. The molecule has 2 aromatic carbocycles. The molecule has 0 amide bonds. The summed E-state index contributed by atoms with van der Waals surface area (Å²) in [6.07, 6.45) is 1.95. The fourth-order valence-electron chi connectivity index (χ4n) is 4.39. The number of thioether (sulfide) groups is 1. The van der Waals surface area contributed by atoms with Crippen LogP contribution >= 0.6 is 11.8 Å². The Kier molecular flexibility index (Phi) is 6.90. The van der Waals surface area contributed by atoms with E-state index in [9.17, 15) is 0 Å². The number of fused-ring (bicyclic) bond motifs is 2. The molecule has 10 heteroatoms. The van der Waals surface area contributed by atoms with Gasteiger partial charge in [0.25, 0.3) is 0 Å². The van der Waals surface area contributed by atoms with Crippen LogP contribution in [0.4, 0.5) is 34.6 Å². The summed E-state index contributed by atoms with van der Waals surface area (Å²) in [6.45, 7) is 4.02. The van der Waals surface area contributed by atoms with Gasteiger partial charge in [-0.2, -0.15) is 15.0 Å². The molecule has 0 fully saturated rings. The fourth-order valence-corrected chi connectivity index (χ4v) is 4.74. The standard InChI is InChI=1S/C28H31N9S/c1-16-12-24(36(3)4)20-14-18(8-10-22(20)29-16)31-26-33-27(35-28(34-26)38-7)32-19-9-11-23-21(15-19)25(37(5)6)13-17(2)30-23/h8-15H,1-7H3,(H2,31,32,33,34,35). The van der Waals surface area contributed by atoms with Crippen molar-refractivity contribution in [2.24, 2.45) is 0 Å². The van der Waals surface area contributed by atoms with Crippen molar-refractivity contribution >= 4 is 68.2 Å².